The normalized spacial score (nSPS) is 12.7. The highest BCUT2D eigenvalue weighted by Crippen LogP contribution is 2.18. The molecule has 0 aliphatic carbocycles. The number of hydrogen-bond donors (Lipinski definition) is 2. The van der Waals surface area contributed by atoms with Crippen molar-refractivity contribution in [3.63, 3.8) is 0 Å². The molecule has 1 unspecified atom stereocenters. The van der Waals surface area contributed by atoms with Crippen molar-refractivity contribution in [2.45, 2.75) is 232 Å². The van der Waals surface area contributed by atoms with E-state index in [1.54, 1.807) is 0 Å². The van der Waals surface area contributed by atoms with E-state index in [1.165, 1.54) is 96.3 Å². The van der Waals surface area contributed by atoms with Gasteiger partial charge in [-0.3, -0.25) is 14.4 Å². The van der Waals surface area contributed by atoms with Gasteiger partial charge in [-0.15, -0.1) is 0 Å². The molecular weight excluding hydrogens is 719 g/mol. The van der Waals surface area contributed by atoms with Gasteiger partial charge in [-0.2, -0.15) is 0 Å². The van der Waals surface area contributed by atoms with Crippen LogP contribution >= 0.6 is 0 Å². The van der Waals surface area contributed by atoms with E-state index < -0.39 is 5.97 Å². The Balaban J connectivity index is 4.14. The predicted molar refractivity (Wildman–Crippen MR) is 249 cm³/mol. The number of aliphatic carboxylic acids is 1. The molecule has 0 rings (SSSR count). The molecule has 1 amide bonds. The minimum atomic E-state index is -1.02. The SMILES string of the molecule is CC/C=C\C/C=C\C/C=C\C/C=C\CCCCCCCCCCCCC(=O)OC(CCC/C=C\C/C=C\CCCCCCC)CCCCCCCC(=O)NCC(=O)O. The Morgan fingerprint density at radius 2 is 0.862 bits per heavy atom. The van der Waals surface area contributed by atoms with Gasteiger partial charge in [0.2, 0.25) is 5.91 Å². The van der Waals surface area contributed by atoms with Gasteiger partial charge in [0, 0.05) is 12.8 Å². The lowest BCUT2D eigenvalue weighted by molar-refractivity contribution is -0.150. The summed E-state index contributed by atoms with van der Waals surface area (Å²) in [6.07, 6.45) is 63.2. The zero-order chi connectivity index (χ0) is 42.3. The third-order valence-corrected chi connectivity index (χ3v) is 10.4. The number of carbonyl (C=O) groups is 3. The molecule has 0 bridgehead atoms. The summed E-state index contributed by atoms with van der Waals surface area (Å²) < 4.78 is 6.03. The molecule has 332 valence electrons. The highest BCUT2D eigenvalue weighted by atomic mass is 16.5. The van der Waals surface area contributed by atoms with Crippen molar-refractivity contribution < 1.29 is 24.2 Å². The zero-order valence-corrected chi connectivity index (χ0v) is 37.6. The van der Waals surface area contributed by atoms with Gasteiger partial charge in [0.25, 0.3) is 0 Å². The fourth-order valence-corrected chi connectivity index (χ4v) is 6.84. The van der Waals surface area contributed by atoms with Crippen LogP contribution in [0.4, 0.5) is 0 Å². The molecular formula is C52H89NO5. The van der Waals surface area contributed by atoms with E-state index in [9.17, 15) is 14.4 Å². The van der Waals surface area contributed by atoms with E-state index in [0.717, 1.165) is 103 Å². The molecule has 1 atom stereocenters. The maximum absolute atomic E-state index is 12.8. The molecule has 0 aliphatic heterocycles. The van der Waals surface area contributed by atoms with E-state index >= 15 is 0 Å². The summed E-state index contributed by atoms with van der Waals surface area (Å²) in [5, 5.41) is 11.1. The summed E-state index contributed by atoms with van der Waals surface area (Å²) in [5.41, 5.74) is 0. The fourth-order valence-electron chi connectivity index (χ4n) is 6.84. The van der Waals surface area contributed by atoms with Crippen LogP contribution in [0.15, 0.2) is 72.9 Å². The van der Waals surface area contributed by atoms with Crippen LogP contribution < -0.4 is 5.32 Å². The van der Waals surface area contributed by atoms with Crippen molar-refractivity contribution in [2.75, 3.05) is 6.54 Å². The Labute approximate surface area is 357 Å². The van der Waals surface area contributed by atoms with Crippen molar-refractivity contribution in [1.82, 2.24) is 5.32 Å². The average Bonchev–Trinajstić information content (AvgIpc) is 3.21. The van der Waals surface area contributed by atoms with Gasteiger partial charge >= 0.3 is 11.9 Å². The first-order valence-corrected chi connectivity index (χ1v) is 24.1. The summed E-state index contributed by atoms with van der Waals surface area (Å²) in [6.45, 7) is 4.10. The van der Waals surface area contributed by atoms with Crippen molar-refractivity contribution in [3.05, 3.63) is 72.9 Å². The van der Waals surface area contributed by atoms with Gasteiger partial charge in [-0.25, -0.2) is 0 Å². The van der Waals surface area contributed by atoms with Gasteiger partial charge in [-0.1, -0.05) is 183 Å². The van der Waals surface area contributed by atoms with E-state index in [-0.39, 0.29) is 24.5 Å². The van der Waals surface area contributed by atoms with Crippen molar-refractivity contribution in [3.8, 4) is 0 Å². The molecule has 0 aromatic rings. The van der Waals surface area contributed by atoms with Crippen LogP contribution in [0, 0.1) is 0 Å². The molecule has 58 heavy (non-hydrogen) atoms. The predicted octanol–water partition coefficient (Wildman–Crippen LogP) is 15.3. The number of carboxylic acids is 1. The second-order valence-electron chi connectivity index (χ2n) is 16.0. The van der Waals surface area contributed by atoms with Crippen LogP contribution in [0.3, 0.4) is 0 Å². The Kier molecular flexibility index (Phi) is 44.0. The summed E-state index contributed by atoms with van der Waals surface area (Å²) in [5.74, 6) is -1.27. The van der Waals surface area contributed by atoms with E-state index in [4.69, 9.17) is 9.84 Å². The van der Waals surface area contributed by atoms with Crippen LogP contribution in [0.5, 0.6) is 0 Å². The van der Waals surface area contributed by atoms with Crippen molar-refractivity contribution >= 4 is 17.8 Å². The van der Waals surface area contributed by atoms with Crippen LogP contribution in [0.1, 0.15) is 226 Å². The smallest absolute Gasteiger partial charge is 0.322 e. The lowest BCUT2D eigenvalue weighted by Gasteiger charge is -2.18. The first-order valence-electron chi connectivity index (χ1n) is 24.1. The summed E-state index contributed by atoms with van der Waals surface area (Å²) in [6, 6.07) is 0. The quantitative estimate of drug-likeness (QED) is 0.0364. The summed E-state index contributed by atoms with van der Waals surface area (Å²) >= 11 is 0. The lowest BCUT2D eigenvalue weighted by Crippen LogP contribution is -2.28. The molecule has 2 N–H and O–H groups in total. The number of ether oxygens (including phenoxy) is 1. The third kappa shape index (κ3) is 45.6. The second-order valence-corrected chi connectivity index (χ2v) is 16.0. The highest BCUT2D eigenvalue weighted by molar-refractivity contribution is 5.80. The Morgan fingerprint density at radius 3 is 1.36 bits per heavy atom. The van der Waals surface area contributed by atoms with Gasteiger partial charge in [0.15, 0.2) is 0 Å². The first-order chi connectivity index (χ1) is 28.5. The molecule has 0 saturated heterocycles. The van der Waals surface area contributed by atoms with Crippen LogP contribution in [-0.2, 0) is 19.1 Å². The maximum atomic E-state index is 12.8. The van der Waals surface area contributed by atoms with Crippen LogP contribution in [0.2, 0.25) is 0 Å². The summed E-state index contributed by atoms with van der Waals surface area (Å²) in [7, 11) is 0. The number of amides is 1. The van der Waals surface area contributed by atoms with Crippen LogP contribution in [-0.4, -0.2) is 35.6 Å². The molecule has 0 heterocycles. The van der Waals surface area contributed by atoms with Crippen molar-refractivity contribution in [2.24, 2.45) is 0 Å². The van der Waals surface area contributed by atoms with E-state index in [1.807, 2.05) is 0 Å². The van der Waals surface area contributed by atoms with Gasteiger partial charge in [0.05, 0.1) is 0 Å². The standard InChI is InChI=1S/C52H89NO5/c1-3-5-7-9-11-13-15-17-18-19-20-21-22-23-24-25-26-28-30-32-34-39-43-47-52(57)58-49(45-41-37-35-38-42-46-50(54)53-48-51(55)56)44-40-36-33-31-29-27-16-14-12-10-8-6-4-2/h5,7,11,13,16-18,20-21,27,31,33,49H,3-4,6,8-10,12,14-15,19,22-26,28-30,32,34-48H2,1-2H3,(H,53,54)(H,55,56)/b7-5-,13-11-,18-17-,21-20-,27-16-,33-31-. The molecule has 0 saturated carbocycles. The molecule has 0 radical (unpaired) electrons. The number of allylic oxidation sites excluding steroid dienone is 12. The van der Waals surface area contributed by atoms with Crippen molar-refractivity contribution in [1.29, 1.82) is 0 Å². The molecule has 0 spiro atoms. The number of carbonyl (C=O) groups excluding carboxylic acids is 2. The Bertz CT molecular complexity index is 1120. The summed E-state index contributed by atoms with van der Waals surface area (Å²) in [4.78, 5) is 35.1. The number of rotatable bonds is 43. The molecule has 0 aromatic carbocycles. The van der Waals surface area contributed by atoms with Crippen LogP contribution in [0.25, 0.3) is 0 Å². The largest absolute Gasteiger partial charge is 0.480 e. The monoisotopic (exact) mass is 808 g/mol. The average molecular weight is 808 g/mol. The van der Waals surface area contributed by atoms with Gasteiger partial charge in [0.1, 0.15) is 12.6 Å². The molecule has 0 fully saturated rings. The van der Waals surface area contributed by atoms with E-state index in [0.29, 0.717) is 12.8 Å². The van der Waals surface area contributed by atoms with E-state index in [2.05, 4.69) is 92.1 Å². The topological polar surface area (TPSA) is 92.7 Å². The number of esters is 1. The molecule has 0 aliphatic rings. The highest BCUT2D eigenvalue weighted by Gasteiger charge is 2.14. The number of unbranched alkanes of at least 4 members (excludes halogenated alkanes) is 20. The lowest BCUT2D eigenvalue weighted by atomic mass is 10.0. The number of hydrogen-bond acceptors (Lipinski definition) is 4. The van der Waals surface area contributed by atoms with Gasteiger partial charge in [-0.05, 0) is 103 Å². The van der Waals surface area contributed by atoms with Gasteiger partial charge < -0.3 is 15.2 Å². The number of carboxylic acid groups (broad SMARTS) is 1. The second kappa shape index (κ2) is 46.5. The maximum Gasteiger partial charge on any atom is 0.322 e. The molecule has 0 aromatic heterocycles. The molecule has 6 nitrogen and oxygen atoms in total. The third-order valence-electron chi connectivity index (χ3n) is 10.4. The first kappa shape index (κ1) is 54.9. The fraction of sp³-hybridized carbons (Fsp3) is 0.712. The zero-order valence-electron chi connectivity index (χ0n) is 37.6. The Morgan fingerprint density at radius 1 is 0.466 bits per heavy atom. The molecule has 6 heteroatoms. The minimum absolute atomic E-state index is 0.0239. The number of nitrogens with one attached hydrogen (secondary N) is 1. The minimum Gasteiger partial charge on any atom is -0.480 e. The Hall–Kier alpha value is -3.15.